The number of fused-ring (bicyclic) bond motifs is 1. The number of H-pyrrole nitrogens is 1. The number of benzene rings is 1. The molecule has 2 rings (SSSR count). The van der Waals surface area contributed by atoms with Crippen LogP contribution in [0.4, 0.5) is 4.79 Å². The van der Waals surface area contributed by atoms with Crippen molar-refractivity contribution in [2.75, 3.05) is 0 Å². The second-order valence-electron chi connectivity index (χ2n) is 2.66. The Balaban J connectivity index is 0.000000168. The van der Waals surface area contributed by atoms with Gasteiger partial charge in [0.05, 0.1) is 11.7 Å². The molecular formula is C8H9N4O3S-. The Morgan fingerprint density at radius 3 is 2.69 bits per heavy atom. The van der Waals surface area contributed by atoms with Crippen molar-refractivity contribution < 1.29 is 13.6 Å². The van der Waals surface area contributed by atoms with E-state index < -0.39 is 17.3 Å². The average Bonchev–Trinajstić information content (AvgIpc) is 2.63. The number of carbonyl (C=O) groups is 1. The molecule has 0 saturated carbocycles. The number of aromatic nitrogens is 2. The molecule has 2 aromatic rings. The number of aromatic amines is 1. The molecule has 0 aliphatic heterocycles. The van der Waals surface area contributed by atoms with E-state index in [9.17, 15) is 13.6 Å². The molecule has 1 aromatic heterocycles. The predicted molar refractivity (Wildman–Crippen MR) is 57.7 cm³/mol. The monoisotopic (exact) mass is 241 g/mol. The first-order valence-corrected chi connectivity index (χ1v) is 5.20. The molecule has 1 aromatic carbocycles. The summed E-state index contributed by atoms with van der Waals surface area (Å²) in [5.74, 6) is 0. The maximum atomic E-state index is 9.53. The van der Waals surface area contributed by atoms with Crippen LogP contribution in [0.5, 0.6) is 0 Å². The van der Waals surface area contributed by atoms with Crippen LogP contribution in [-0.4, -0.2) is 25.0 Å². The molecule has 0 saturated heterocycles. The third-order valence-electron chi connectivity index (χ3n) is 1.53. The second kappa shape index (κ2) is 5.83. The Morgan fingerprint density at radius 1 is 1.50 bits per heavy atom. The van der Waals surface area contributed by atoms with Crippen molar-refractivity contribution in [1.29, 1.82) is 0 Å². The number of nitrogens with two attached hydrogens (primary N) is 1. The fraction of sp³-hybridized carbons (Fsp3) is 0. The number of amides is 2. The SMILES string of the molecule is NC(=O)NS(=O)[O-].c1ccc2[nH]ncc2c1. The summed E-state index contributed by atoms with van der Waals surface area (Å²) >= 11 is -2.57. The van der Waals surface area contributed by atoms with Gasteiger partial charge in [-0.05, 0) is 6.07 Å². The third kappa shape index (κ3) is 4.07. The highest BCUT2D eigenvalue weighted by Crippen LogP contribution is 2.06. The standard InChI is InChI=1S/C7H6N2.CH4N2O3S/c1-2-4-7-6(3-1)5-8-9-7;2-1(4)3-7(5)6/h1-5H,(H,8,9);(H,5,6)(H3,2,3,4)/p-1. The van der Waals surface area contributed by atoms with E-state index in [1.54, 1.807) is 0 Å². The molecule has 0 spiro atoms. The maximum Gasteiger partial charge on any atom is 0.323 e. The number of rotatable bonds is 1. The van der Waals surface area contributed by atoms with Crippen molar-refractivity contribution >= 4 is 28.2 Å². The lowest BCUT2D eigenvalue weighted by molar-refractivity contribution is 0.253. The first-order valence-electron chi connectivity index (χ1n) is 4.13. The summed E-state index contributed by atoms with van der Waals surface area (Å²) in [4.78, 5) is 9.53. The molecule has 4 N–H and O–H groups in total. The Kier molecular flexibility index (Phi) is 4.42. The summed E-state index contributed by atoms with van der Waals surface area (Å²) in [6.07, 6.45) is 1.81. The van der Waals surface area contributed by atoms with Crippen molar-refractivity contribution in [3.8, 4) is 0 Å². The Labute approximate surface area is 93.4 Å². The number of carbonyl (C=O) groups excluding carboxylic acids is 1. The van der Waals surface area contributed by atoms with E-state index in [2.05, 4.69) is 15.9 Å². The fourth-order valence-corrected chi connectivity index (χ4v) is 1.13. The molecule has 0 aliphatic carbocycles. The molecule has 8 heteroatoms. The molecule has 0 aliphatic rings. The molecule has 0 radical (unpaired) electrons. The van der Waals surface area contributed by atoms with Crippen molar-refractivity contribution in [1.82, 2.24) is 14.9 Å². The van der Waals surface area contributed by atoms with Gasteiger partial charge in [0.2, 0.25) is 0 Å². The van der Waals surface area contributed by atoms with Crippen LogP contribution in [0.25, 0.3) is 10.9 Å². The second-order valence-corrected chi connectivity index (χ2v) is 3.33. The molecule has 1 atom stereocenters. The topological polar surface area (TPSA) is 124 Å². The zero-order chi connectivity index (χ0) is 12.0. The van der Waals surface area contributed by atoms with Gasteiger partial charge in [-0.15, -0.1) is 0 Å². The van der Waals surface area contributed by atoms with Crippen LogP contribution in [0, 0.1) is 0 Å². The minimum atomic E-state index is -2.57. The van der Waals surface area contributed by atoms with E-state index in [0.29, 0.717) is 0 Å². The predicted octanol–water partition coefficient (Wildman–Crippen LogP) is 0.0117. The molecule has 7 nitrogen and oxygen atoms in total. The number of urea groups is 1. The van der Waals surface area contributed by atoms with Crippen molar-refractivity contribution in [3.63, 3.8) is 0 Å². The van der Waals surface area contributed by atoms with E-state index in [0.717, 1.165) is 10.9 Å². The largest absolute Gasteiger partial charge is 0.755 e. The van der Waals surface area contributed by atoms with Gasteiger partial charge in [0.1, 0.15) is 0 Å². The first kappa shape index (κ1) is 12.1. The van der Waals surface area contributed by atoms with Gasteiger partial charge in [-0.25, -0.2) is 4.79 Å². The van der Waals surface area contributed by atoms with E-state index in [1.807, 2.05) is 30.5 Å². The molecule has 1 heterocycles. The molecule has 16 heavy (non-hydrogen) atoms. The summed E-state index contributed by atoms with van der Waals surface area (Å²) in [5, 5.41) is 7.91. The van der Waals surface area contributed by atoms with Crippen LogP contribution < -0.4 is 10.5 Å². The van der Waals surface area contributed by atoms with Gasteiger partial charge in [0, 0.05) is 16.7 Å². The summed E-state index contributed by atoms with van der Waals surface area (Å²) in [6.45, 7) is 0. The average molecular weight is 241 g/mol. The van der Waals surface area contributed by atoms with Gasteiger partial charge in [-0.3, -0.25) is 14.0 Å². The lowest BCUT2D eigenvalue weighted by Gasteiger charge is -2.00. The maximum absolute atomic E-state index is 9.53. The number of para-hydroxylation sites is 1. The smallest absolute Gasteiger partial charge is 0.323 e. The lowest BCUT2D eigenvalue weighted by Crippen LogP contribution is -2.30. The Bertz CT molecular complexity index is 456. The van der Waals surface area contributed by atoms with Gasteiger partial charge in [-0.2, -0.15) is 5.10 Å². The quantitative estimate of drug-likeness (QED) is 0.608. The number of primary amides is 1. The van der Waals surface area contributed by atoms with Crippen LogP contribution in [0.3, 0.4) is 0 Å². The zero-order valence-corrected chi connectivity index (χ0v) is 8.86. The molecular weight excluding hydrogens is 232 g/mol. The first-order chi connectivity index (χ1) is 7.59. The number of hydrogen-bond acceptors (Lipinski definition) is 4. The van der Waals surface area contributed by atoms with Crippen LogP contribution in [0.2, 0.25) is 0 Å². The fourth-order valence-electron chi connectivity index (χ4n) is 0.965. The summed E-state index contributed by atoms with van der Waals surface area (Å²) in [7, 11) is 0. The molecule has 86 valence electrons. The zero-order valence-electron chi connectivity index (χ0n) is 8.04. The highest BCUT2D eigenvalue weighted by atomic mass is 32.2. The molecule has 0 bridgehead atoms. The molecule has 1 unspecified atom stereocenters. The van der Waals surface area contributed by atoms with E-state index >= 15 is 0 Å². The Morgan fingerprint density at radius 2 is 2.19 bits per heavy atom. The van der Waals surface area contributed by atoms with Crippen LogP contribution in [0.1, 0.15) is 0 Å². The van der Waals surface area contributed by atoms with E-state index in [1.165, 1.54) is 4.72 Å². The summed E-state index contributed by atoms with van der Waals surface area (Å²) in [5.41, 5.74) is 5.45. The molecule has 2 amide bonds. The van der Waals surface area contributed by atoms with E-state index in [4.69, 9.17) is 0 Å². The lowest BCUT2D eigenvalue weighted by atomic mass is 10.3. The van der Waals surface area contributed by atoms with Gasteiger partial charge < -0.3 is 10.3 Å². The number of hydrogen-bond donors (Lipinski definition) is 3. The van der Waals surface area contributed by atoms with Crippen molar-refractivity contribution in [2.45, 2.75) is 0 Å². The number of nitrogens with zero attached hydrogens (tertiary/aromatic N) is 1. The normalized spacial score (nSPS) is 11.3. The highest BCUT2D eigenvalue weighted by molar-refractivity contribution is 7.77. The van der Waals surface area contributed by atoms with Crippen LogP contribution in [0.15, 0.2) is 30.5 Å². The third-order valence-corrected chi connectivity index (χ3v) is 1.90. The minimum Gasteiger partial charge on any atom is -0.755 e. The van der Waals surface area contributed by atoms with Gasteiger partial charge in [0.15, 0.2) is 0 Å². The highest BCUT2D eigenvalue weighted by Gasteiger charge is 1.88. The van der Waals surface area contributed by atoms with Crippen LogP contribution in [-0.2, 0) is 11.3 Å². The molecule has 0 fully saturated rings. The summed E-state index contributed by atoms with van der Waals surface area (Å²) < 4.78 is 20.2. The van der Waals surface area contributed by atoms with Crippen LogP contribution >= 0.6 is 0 Å². The minimum absolute atomic E-state index is 1.08. The van der Waals surface area contributed by atoms with Gasteiger partial charge in [0.25, 0.3) is 0 Å². The van der Waals surface area contributed by atoms with Crippen molar-refractivity contribution in [2.24, 2.45) is 5.73 Å². The Hall–Kier alpha value is -1.93. The van der Waals surface area contributed by atoms with Gasteiger partial charge >= 0.3 is 6.03 Å². The van der Waals surface area contributed by atoms with Crippen molar-refractivity contribution in [3.05, 3.63) is 30.5 Å². The number of nitrogens with one attached hydrogen (secondary N) is 2. The van der Waals surface area contributed by atoms with E-state index in [-0.39, 0.29) is 0 Å². The summed E-state index contributed by atoms with van der Waals surface area (Å²) in [6, 6.07) is 6.94. The van der Waals surface area contributed by atoms with Gasteiger partial charge in [-0.1, -0.05) is 18.2 Å².